The van der Waals surface area contributed by atoms with Crippen LogP contribution in [-0.4, -0.2) is 81.6 Å². The van der Waals surface area contributed by atoms with Crippen molar-refractivity contribution >= 4 is 25.1 Å². The first-order valence-electron chi connectivity index (χ1n) is 12.6. The number of anilines is 1. The van der Waals surface area contributed by atoms with Gasteiger partial charge in [-0.05, 0) is 38.1 Å². The quantitative estimate of drug-likeness (QED) is 0.130. The number of ether oxygens (including phenoxy) is 3. The van der Waals surface area contributed by atoms with E-state index in [1.165, 1.54) is 24.7 Å². The molecule has 0 unspecified atom stereocenters. The Hall–Kier alpha value is -3.10. The van der Waals surface area contributed by atoms with Crippen molar-refractivity contribution in [3.8, 4) is 5.75 Å². The Kier molecular flexibility index (Phi) is 9.41. The molecule has 40 heavy (non-hydrogen) atoms. The molecule has 0 spiro atoms. The molecule has 3 aromatic rings. The Labute approximate surface area is 230 Å². The lowest BCUT2D eigenvalue weighted by molar-refractivity contribution is -0.145. The minimum absolute atomic E-state index is 0.117. The number of aliphatic hydroxyl groups excluding tert-OH is 2. The first kappa shape index (κ1) is 29.9. The molecule has 0 amide bonds. The highest BCUT2D eigenvalue weighted by molar-refractivity contribution is 7.52. The van der Waals surface area contributed by atoms with Crippen molar-refractivity contribution in [1.29, 1.82) is 0 Å². The van der Waals surface area contributed by atoms with Gasteiger partial charge in [0.15, 0.2) is 5.82 Å². The smallest absolute Gasteiger partial charge is 0.459 e. The Morgan fingerprint density at radius 2 is 2.00 bits per heavy atom. The van der Waals surface area contributed by atoms with Gasteiger partial charge in [-0.15, -0.1) is 0 Å². The first-order valence-corrected chi connectivity index (χ1v) is 14.2. The molecule has 2 aromatic heterocycles. The normalized spacial score (nSPS) is 25.0. The number of fused-ring (bicyclic) bond motifs is 1. The van der Waals surface area contributed by atoms with E-state index >= 15 is 0 Å². The lowest BCUT2D eigenvalue weighted by Crippen LogP contribution is -2.45. The maximum Gasteiger partial charge on any atom is 0.459 e. The number of carbonyl (C=O) groups is 1. The van der Waals surface area contributed by atoms with Gasteiger partial charge in [-0.25, -0.2) is 14.1 Å². The van der Waals surface area contributed by atoms with Crippen LogP contribution in [0.4, 0.5) is 5.82 Å². The molecule has 3 heterocycles. The molecule has 0 radical (unpaired) electrons. The Balaban J connectivity index is 1.50. The largest absolute Gasteiger partial charge is 0.464 e. The van der Waals surface area contributed by atoms with Crippen molar-refractivity contribution in [3.63, 3.8) is 0 Å². The summed E-state index contributed by atoms with van der Waals surface area (Å²) in [6.07, 6.45) is -2.10. The van der Waals surface area contributed by atoms with Gasteiger partial charge >= 0.3 is 13.7 Å². The summed E-state index contributed by atoms with van der Waals surface area (Å²) >= 11 is 0. The summed E-state index contributed by atoms with van der Waals surface area (Å²) in [6.45, 7) is 3.01. The zero-order chi connectivity index (χ0) is 28.9. The van der Waals surface area contributed by atoms with E-state index in [9.17, 15) is 19.6 Å². The predicted octanol–water partition coefficient (Wildman–Crippen LogP) is 1.62. The van der Waals surface area contributed by atoms with Crippen molar-refractivity contribution < 1.29 is 42.8 Å². The van der Waals surface area contributed by atoms with Gasteiger partial charge in [-0.2, -0.15) is 10.2 Å². The number of rotatable bonds is 13. The van der Waals surface area contributed by atoms with E-state index in [2.05, 4.69) is 15.2 Å². The zero-order valence-electron chi connectivity index (χ0n) is 22.4. The third-order valence-electron chi connectivity index (χ3n) is 6.39. The second kappa shape index (κ2) is 12.6. The molecule has 15 heteroatoms. The molecule has 6 atom stereocenters. The Morgan fingerprint density at radius 1 is 1.25 bits per heavy atom. The molecular formula is C25H34N5O9P. The molecule has 0 aliphatic carbocycles. The number of nitrogens with one attached hydrogen (secondary N) is 1. The highest BCUT2D eigenvalue weighted by atomic mass is 31.2. The van der Waals surface area contributed by atoms with Gasteiger partial charge in [-0.1, -0.05) is 18.2 Å². The molecule has 0 saturated carbocycles. The molecule has 4 rings (SSSR count). The predicted molar refractivity (Wildman–Crippen MR) is 142 cm³/mol. The summed E-state index contributed by atoms with van der Waals surface area (Å²) in [7, 11) is -2.71. The second-order valence-corrected chi connectivity index (χ2v) is 11.2. The van der Waals surface area contributed by atoms with Crippen LogP contribution >= 0.6 is 7.75 Å². The van der Waals surface area contributed by atoms with Gasteiger partial charge < -0.3 is 34.7 Å². The number of esters is 1. The number of nitrogens with two attached hydrogens (primary N) is 1. The van der Waals surface area contributed by atoms with E-state index in [0.717, 1.165) is 0 Å². The average Bonchev–Trinajstić information content (AvgIpc) is 3.46. The van der Waals surface area contributed by atoms with Crippen LogP contribution < -0.4 is 15.3 Å². The van der Waals surface area contributed by atoms with Crippen molar-refractivity contribution in [2.45, 2.75) is 50.2 Å². The Bertz CT molecular complexity index is 1340. The van der Waals surface area contributed by atoms with Crippen molar-refractivity contribution in [3.05, 3.63) is 54.5 Å². The van der Waals surface area contributed by atoms with Crippen molar-refractivity contribution in [2.24, 2.45) is 0 Å². The number of benzene rings is 1. The Morgan fingerprint density at radius 3 is 2.73 bits per heavy atom. The van der Waals surface area contributed by atoms with Crippen LogP contribution in [-0.2, 0) is 28.1 Å². The van der Waals surface area contributed by atoms with E-state index < -0.39 is 50.3 Å². The van der Waals surface area contributed by atoms with Crippen LogP contribution in [0.3, 0.4) is 0 Å². The average molecular weight is 580 g/mol. The molecule has 1 aliphatic heterocycles. The number of carbonyl (C=O) groups excluding carboxylic acids is 1. The monoisotopic (exact) mass is 579 g/mol. The maximum atomic E-state index is 13.9. The molecule has 5 N–H and O–H groups in total. The molecule has 1 aliphatic rings. The topological polar surface area (TPSA) is 189 Å². The van der Waals surface area contributed by atoms with Crippen LogP contribution in [0, 0.1) is 0 Å². The van der Waals surface area contributed by atoms with Crippen LogP contribution in [0.1, 0.15) is 32.1 Å². The molecule has 1 saturated heterocycles. The lowest BCUT2D eigenvalue weighted by atomic mass is 9.97. The van der Waals surface area contributed by atoms with Gasteiger partial charge in [0.25, 0.3) is 0 Å². The summed E-state index contributed by atoms with van der Waals surface area (Å²) in [5, 5.41) is 28.6. The number of methoxy groups -OCH3 is 1. The molecule has 0 bridgehead atoms. The van der Waals surface area contributed by atoms with E-state index in [1.807, 2.05) is 0 Å². The van der Waals surface area contributed by atoms with Gasteiger partial charge in [0.1, 0.15) is 47.5 Å². The van der Waals surface area contributed by atoms with Crippen molar-refractivity contribution in [1.82, 2.24) is 19.7 Å². The minimum atomic E-state index is -4.25. The van der Waals surface area contributed by atoms with Gasteiger partial charge in [0.2, 0.25) is 0 Å². The van der Waals surface area contributed by atoms with E-state index in [4.69, 9.17) is 29.0 Å². The summed E-state index contributed by atoms with van der Waals surface area (Å²) < 4.78 is 42.9. The summed E-state index contributed by atoms with van der Waals surface area (Å²) in [4.78, 5) is 16.4. The third-order valence-corrected chi connectivity index (χ3v) is 8.01. The first-order chi connectivity index (χ1) is 19.1. The highest BCUT2D eigenvalue weighted by Crippen LogP contribution is 2.48. The summed E-state index contributed by atoms with van der Waals surface area (Å²) in [5.74, 6) is -0.222. The van der Waals surface area contributed by atoms with Crippen LogP contribution in [0.25, 0.3) is 5.52 Å². The van der Waals surface area contributed by atoms with Gasteiger partial charge in [0.05, 0.1) is 18.9 Å². The number of para-hydroxylation sites is 1. The van der Waals surface area contributed by atoms with Crippen LogP contribution in [0.5, 0.6) is 5.75 Å². The second-order valence-electron chi connectivity index (χ2n) is 9.53. The number of nitrogen functional groups attached to an aromatic ring is 1. The van der Waals surface area contributed by atoms with E-state index in [0.29, 0.717) is 24.2 Å². The van der Waals surface area contributed by atoms with Gasteiger partial charge in [-0.3, -0.25) is 9.32 Å². The molecule has 218 valence electrons. The molecule has 1 fully saturated rings. The van der Waals surface area contributed by atoms with E-state index in [1.54, 1.807) is 49.6 Å². The molecule has 1 aromatic carbocycles. The number of aliphatic hydroxyl groups is 2. The summed E-state index contributed by atoms with van der Waals surface area (Å²) in [6, 6.07) is 10.5. The third kappa shape index (κ3) is 6.61. The van der Waals surface area contributed by atoms with Crippen LogP contribution in [0.2, 0.25) is 0 Å². The standard InChI is InChI=1S/C25H34N5O9P/c1-16(24(33)36-13-7-12-35-3)29-40(34,39-17-8-5-4-6-9-17)37-14-25(2)22(32)20(31)21(38-25)18-10-11-19-23(26)27-15-28-30(18)19/h4-6,8-11,15-16,20-22,31-32H,7,12-14H2,1-3H3,(H,29,34)(H2,26,27,28)/t16-,20-,21-,22-,25+,40+/m0/s1. The minimum Gasteiger partial charge on any atom is -0.464 e. The zero-order valence-corrected chi connectivity index (χ0v) is 23.3. The number of hydrogen-bond acceptors (Lipinski definition) is 12. The van der Waals surface area contributed by atoms with E-state index in [-0.39, 0.29) is 18.2 Å². The fourth-order valence-electron chi connectivity index (χ4n) is 4.21. The fourth-order valence-corrected chi connectivity index (χ4v) is 5.80. The summed E-state index contributed by atoms with van der Waals surface area (Å²) in [5.41, 5.74) is 5.30. The van der Waals surface area contributed by atoms with Gasteiger partial charge in [0, 0.05) is 20.1 Å². The highest BCUT2D eigenvalue weighted by Gasteiger charge is 2.53. The molecular weight excluding hydrogens is 545 g/mol. The SMILES string of the molecule is COCCCOC(=O)[C@H](C)N[P@@](=O)(OC[C@@]1(C)O[C@@H](c2ccc3c(N)ncnn23)[C@H](O)[C@@H]1O)Oc1ccccc1. The maximum absolute atomic E-state index is 13.9. The van der Waals surface area contributed by atoms with Crippen LogP contribution in [0.15, 0.2) is 48.8 Å². The fraction of sp³-hybridized carbons (Fsp3) is 0.480. The number of nitrogens with zero attached hydrogens (tertiary/aromatic N) is 3. The van der Waals surface area contributed by atoms with Crippen molar-refractivity contribution in [2.75, 3.05) is 32.7 Å². The number of aromatic nitrogens is 3. The number of hydrogen-bond donors (Lipinski definition) is 4. The lowest BCUT2D eigenvalue weighted by Gasteiger charge is -2.30. The molecule has 14 nitrogen and oxygen atoms in total.